The van der Waals surface area contributed by atoms with Crippen LogP contribution in [0.2, 0.25) is 0 Å². The average Bonchev–Trinajstić information content (AvgIpc) is 2.68. The summed E-state index contributed by atoms with van der Waals surface area (Å²) in [5.74, 6) is 0.871. The Hall–Kier alpha value is -2.69. The maximum Gasteiger partial charge on any atom is 0.315 e. The fraction of sp³-hybridized carbons (Fsp3) is 0.350. The first kappa shape index (κ1) is 17.1. The smallest absolute Gasteiger partial charge is 0.315 e. The topological polar surface area (TPSA) is 53.6 Å². The molecule has 0 aliphatic carbocycles. The molecule has 5 heteroatoms. The van der Waals surface area contributed by atoms with Gasteiger partial charge >= 0.3 is 6.03 Å². The van der Waals surface area contributed by atoms with E-state index in [1.807, 2.05) is 42.5 Å². The lowest BCUT2D eigenvalue weighted by Crippen LogP contribution is -2.47. The number of hydrogen-bond donors (Lipinski definition) is 2. The Morgan fingerprint density at radius 1 is 1.08 bits per heavy atom. The van der Waals surface area contributed by atoms with Crippen LogP contribution in [0.5, 0.6) is 5.75 Å². The van der Waals surface area contributed by atoms with E-state index < -0.39 is 0 Å². The van der Waals surface area contributed by atoms with E-state index in [0.29, 0.717) is 6.54 Å². The Kier molecular flexibility index (Phi) is 5.77. The molecule has 0 aromatic heterocycles. The molecule has 1 aliphatic rings. The van der Waals surface area contributed by atoms with Gasteiger partial charge in [0.25, 0.3) is 0 Å². The van der Waals surface area contributed by atoms with Crippen LogP contribution >= 0.6 is 0 Å². The Bertz CT molecular complexity index is 665. The van der Waals surface area contributed by atoms with Crippen LogP contribution in [0.1, 0.15) is 18.4 Å². The van der Waals surface area contributed by atoms with Crippen LogP contribution in [-0.2, 0) is 6.54 Å². The quantitative estimate of drug-likeness (QED) is 0.880. The number of urea groups is 1. The van der Waals surface area contributed by atoms with Gasteiger partial charge in [-0.15, -0.1) is 0 Å². The van der Waals surface area contributed by atoms with Crippen molar-refractivity contribution in [3.8, 4) is 5.75 Å². The van der Waals surface area contributed by atoms with E-state index in [2.05, 4.69) is 27.7 Å². The first-order valence-electron chi connectivity index (χ1n) is 8.72. The summed E-state index contributed by atoms with van der Waals surface area (Å²) in [6.07, 6.45) is 1.90. The minimum Gasteiger partial charge on any atom is -0.497 e. The number of methoxy groups -OCH3 is 1. The number of amides is 2. The molecule has 5 nitrogen and oxygen atoms in total. The van der Waals surface area contributed by atoms with E-state index in [1.165, 1.54) is 5.69 Å². The van der Waals surface area contributed by atoms with Crippen molar-refractivity contribution < 1.29 is 9.53 Å². The van der Waals surface area contributed by atoms with Gasteiger partial charge in [-0.3, -0.25) is 0 Å². The summed E-state index contributed by atoms with van der Waals surface area (Å²) < 4.78 is 5.20. The second kappa shape index (κ2) is 8.42. The van der Waals surface area contributed by atoms with Gasteiger partial charge in [0, 0.05) is 31.4 Å². The second-order valence-corrected chi connectivity index (χ2v) is 6.27. The summed E-state index contributed by atoms with van der Waals surface area (Å²) in [6.45, 7) is 2.43. The fourth-order valence-electron chi connectivity index (χ4n) is 3.09. The van der Waals surface area contributed by atoms with Gasteiger partial charge in [-0.05, 0) is 42.7 Å². The van der Waals surface area contributed by atoms with Gasteiger partial charge in [-0.25, -0.2) is 4.79 Å². The second-order valence-electron chi connectivity index (χ2n) is 6.27. The summed E-state index contributed by atoms with van der Waals surface area (Å²) >= 11 is 0. The van der Waals surface area contributed by atoms with Crippen LogP contribution in [0.15, 0.2) is 54.6 Å². The molecule has 1 heterocycles. The van der Waals surface area contributed by atoms with Gasteiger partial charge in [0.1, 0.15) is 5.75 Å². The fourth-order valence-corrected chi connectivity index (χ4v) is 3.09. The van der Waals surface area contributed by atoms with Crippen LogP contribution in [0.3, 0.4) is 0 Å². The highest BCUT2D eigenvalue weighted by atomic mass is 16.5. The molecule has 2 aromatic rings. The van der Waals surface area contributed by atoms with Gasteiger partial charge < -0.3 is 20.3 Å². The minimum atomic E-state index is -0.0910. The van der Waals surface area contributed by atoms with Crippen molar-refractivity contribution in [2.24, 2.45) is 0 Å². The molecular formula is C20H25N3O2. The summed E-state index contributed by atoms with van der Waals surface area (Å²) in [4.78, 5) is 14.4. The number of carbonyl (C=O) groups is 1. The lowest BCUT2D eigenvalue weighted by Gasteiger charge is -2.34. The van der Waals surface area contributed by atoms with Crippen LogP contribution in [0.25, 0.3) is 0 Å². The molecule has 1 saturated heterocycles. The molecular weight excluding hydrogens is 314 g/mol. The number of nitrogens with zero attached hydrogens (tertiary/aromatic N) is 1. The van der Waals surface area contributed by atoms with Crippen molar-refractivity contribution in [2.45, 2.75) is 25.4 Å². The van der Waals surface area contributed by atoms with Crippen molar-refractivity contribution in [2.75, 3.05) is 25.1 Å². The first-order chi connectivity index (χ1) is 12.2. The van der Waals surface area contributed by atoms with Gasteiger partial charge in [-0.2, -0.15) is 0 Å². The third-order valence-corrected chi connectivity index (χ3v) is 4.56. The summed E-state index contributed by atoms with van der Waals surface area (Å²) in [5, 5.41) is 6.01. The third-order valence-electron chi connectivity index (χ3n) is 4.56. The van der Waals surface area contributed by atoms with Gasteiger partial charge in [0.15, 0.2) is 0 Å². The maximum atomic E-state index is 12.1. The largest absolute Gasteiger partial charge is 0.497 e. The Morgan fingerprint density at radius 2 is 1.76 bits per heavy atom. The molecule has 2 amide bonds. The zero-order valence-electron chi connectivity index (χ0n) is 14.6. The number of carbonyl (C=O) groups excluding carboxylic acids is 1. The number of ether oxygens (including phenoxy) is 1. The van der Waals surface area contributed by atoms with Crippen molar-refractivity contribution in [1.29, 1.82) is 0 Å². The highest BCUT2D eigenvalue weighted by Gasteiger charge is 2.20. The van der Waals surface area contributed by atoms with Crippen molar-refractivity contribution >= 4 is 11.7 Å². The van der Waals surface area contributed by atoms with Crippen LogP contribution < -0.4 is 20.3 Å². The number of anilines is 1. The molecule has 0 spiro atoms. The van der Waals surface area contributed by atoms with E-state index in [9.17, 15) is 4.79 Å². The Labute approximate surface area is 149 Å². The molecule has 3 rings (SSSR count). The standard InChI is InChI=1S/C20H25N3O2/c1-25-19-9-7-18(8-10-19)23-13-11-17(12-14-23)22-20(24)21-15-16-5-3-2-4-6-16/h2-10,17H,11-15H2,1H3,(H2,21,22,24). The van der Waals surface area contributed by atoms with Crippen LogP contribution in [0.4, 0.5) is 10.5 Å². The number of benzene rings is 2. The molecule has 2 aromatic carbocycles. The number of hydrogen-bond acceptors (Lipinski definition) is 3. The Morgan fingerprint density at radius 3 is 2.40 bits per heavy atom. The first-order valence-corrected chi connectivity index (χ1v) is 8.72. The number of rotatable bonds is 5. The van der Waals surface area contributed by atoms with Crippen molar-refractivity contribution in [3.05, 3.63) is 60.2 Å². The molecule has 0 radical (unpaired) electrons. The minimum absolute atomic E-state index is 0.0910. The van der Waals surface area contributed by atoms with Crippen LogP contribution in [0, 0.1) is 0 Å². The monoisotopic (exact) mass is 339 g/mol. The molecule has 0 unspecified atom stereocenters. The molecule has 132 valence electrons. The molecule has 0 saturated carbocycles. The highest BCUT2D eigenvalue weighted by molar-refractivity contribution is 5.74. The SMILES string of the molecule is COc1ccc(N2CCC(NC(=O)NCc3ccccc3)CC2)cc1. The lowest BCUT2D eigenvalue weighted by atomic mass is 10.0. The zero-order chi connectivity index (χ0) is 17.5. The number of piperidine rings is 1. The molecule has 25 heavy (non-hydrogen) atoms. The highest BCUT2D eigenvalue weighted by Crippen LogP contribution is 2.22. The molecule has 0 atom stereocenters. The third kappa shape index (κ3) is 4.89. The van der Waals surface area contributed by atoms with Gasteiger partial charge in [0.05, 0.1) is 7.11 Å². The van der Waals surface area contributed by atoms with E-state index in [4.69, 9.17) is 4.74 Å². The average molecular weight is 339 g/mol. The zero-order valence-corrected chi connectivity index (χ0v) is 14.6. The van der Waals surface area contributed by atoms with E-state index in [1.54, 1.807) is 7.11 Å². The van der Waals surface area contributed by atoms with Crippen molar-refractivity contribution in [1.82, 2.24) is 10.6 Å². The van der Waals surface area contributed by atoms with Crippen LogP contribution in [-0.4, -0.2) is 32.3 Å². The van der Waals surface area contributed by atoms with Gasteiger partial charge in [-0.1, -0.05) is 30.3 Å². The van der Waals surface area contributed by atoms with E-state index in [0.717, 1.165) is 37.2 Å². The predicted octanol–water partition coefficient (Wildman–Crippen LogP) is 3.16. The maximum absolute atomic E-state index is 12.1. The van der Waals surface area contributed by atoms with E-state index in [-0.39, 0.29) is 12.1 Å². The molecule has 1 fully saturated rings. The summed E-state index contributed by atoms with van der Waals surface area (Å²) in [6, 6.07) is 18.2. The Balaban J connectivity index is 1.41. The lowest BCUT2D eigenvalue weighted by molar-refractivity contribution is 0.234. The van der Waals surface area contributed by atoms with Crippen molar-refractivity contribution in [3.63, 3.8) is 0 Å². The van der Waals surface area contributed by atoms with E-state index >= 15 is 0 Å². The summed E-state index contributed by atoms with van der Waals surface area (Å²) in [7, 11) is 1.68. The van der Waals surface area contributed by atoms with Gasteiger partial charge in [0.2, 0.25) is 0 Å². The predicted molar refractivity (Wildman–Crippen MR) is 100 cm³/mol. The molecule has 1 aliphatic heterocycles. The molecule has 2 N–H and O–H groups in total. The normalized spacial score (nSPS) is 14.8. The summed E-state index contributed by atoms with van der Waals surface area (Å²) in [5.41, 5.74) is 2.31. The molecule has 0 bridgehead atoms. The number of nitrogens with one attached hydrogen (secondary N) is 2.